The molecule has 1 heterocycles. The first kappa shape index (κ1) is 46.3. The number of benzene rings is 7. The van der Waals surface area contributed by atoms with Crippen LogP contribution in [-0.2, 0) is 63.8 Å². The van der Waals surface area contributed by atoms with Crippen LogP contribution in [-0.4, -0.2) is 0 Å². The smallest absolute Gasteiger partial charge is 0.119 e. The van der Waals surface area contributed by atoms with Crippen molar-refractivity contribution < 1.29 is 14.2 Å². The Morgan fingerprint density at radius 3 is 1.48 bits per heavy atom. The van der Waals surface area contributed by atoms with E-state index in [0.29, 0.717) is 9.47 Å². The van der Waals surface area contributed by atoms with Crippen LogP contribution in [0.5, 0.6) is 0 Å². The van der Waals surface area contributed by atoms with E-state index >= 15 is 0 Å². The van der Waals surface area contributed by atoms with Crippen molar-refractivity contribution in [2.45, 2.75) is 56.1 Å². The van der Waals surface area contributed by atoms with Crippen LogP contribution < -0.4 is 0 Å². The minimum absolute atomic E-state index is 0. The van der Waals surface area contributed by atoms with Crippen LogP contribution in [0.25, 0.3) is 16.7 Å². The number of halogens is 4. The molecule has 1 aliphatic heterocycles. The number of fused-ring (bicyclic) bond motifs is 7. The maximum atomic E-state index is 6.20. The van der Waals surface area contributed by atoms with Gasteiger partial charge in [0.1, 0.15) is 5.60 Å². The van der Waals surface area contributed by atoms with Crippen molar-refractivity contribution in [1.82, 2.24) is 0 Å². The van der Waals surface area contributed by atoms with Crippen LogP contribution in [0.4, 0.5) is 0 Å². The van der Waals surface area contributed by atoms with Gasteiger partial charge in [0.15, 0.2) is 0 Å². The molecule has 0 fully saturated rings. The van der Waals surface area contributed by atoms with Crippen molar-refractivity contribution in [2.24, 2.45) is 0 Å². The number of ether oxygens (including phenoxy) is 1. The zero-order valence-corrected chi connectivity index (χ0v) is 44.0. The average Bonchev–Trinajstić information content (AvgIpc) is 4.19. The molecule has 0 N–H and O–H groups in total. The van der Waals surface area contributed by atoms with Crippen LogP contribution in [0.15, 0.2) is 188 Å². The summed E-state index contributed by atoms with van der Waals surface area (Å²) in [7, 11) is 0.628. The second kappa shape index (κ2) is 21.8. The van der Waals surface area contributed by atoms with Crippen LogP contribution in [0, 0.1) is 0 Å². The Kier molecular flexibility index (Phi) is 16.0. The van der Waals surface area contributed by atoms with E-state index in [-0.39, 0.29) is 22.6 Å². The first-order chi connectivity index (χ1) is 30.6. The molecule has 7 aromatic rings. The Morgan fingerprint density at radius 2 is 0.889 bits per heavy atom. The topological polar surface area (TPSA) is 9.23 Å². The minimum atomic E-state index is -0.146. The molecule has 0 radical (unpaired) electrons. The Labute approximate surface area is 421 Å². The number of rotatable bonds is 5. The van der Waals surface area contributed by atoms with Crippen molar-refractivity contribution in [1.29, 1.82) is 0 Å². The fourth-order valence-electron chi connectivity index (χ4n) is 9.97. The second-order valence-corrected chi connectivity index (χ2v) is 28.5. The van der Waals surface area contributed by atoms with E-state index in [1.54, 1.807) is 0 Å². The van der Waals surface area contributed by atoms with E-state index in [0.717, 1.165) is 50.5 Å². The molecule has 63 heavy (non-hydrogen) atoms. The number of aryl methyl sites for hydroxylation is 1. The van der Waals surface area contributed by atoms with E-state index in [2.05, 4.69) is 244 Å². The van der Waals surface area contributed by atoms with Gasteiger partial charge in [-0.1, -0.05) is 204 Å². The zero-order valence-electron chi connectivity index (χ0n) is 35.0. The number of allylic oxidation sites excluding steroid dienone is 4. The minimum Gasteiger partial charge on any atom is -0.361 e. The van der Waals surface area contributed by atoms with Gasteiger partial charge in [0, 0.05) is 5.33 Å². The van der Waals surface area contributed by atoms with Gasteiger partial charge in [-0.3, -0.25) is 0 Å². The predicted octanol–water partition coefficient (Wildman–Crippen LogP) is 16.2. The monoisotopic (exact) mass is 1210 g/mol. The Balaban J connectivity index is 0.000000128. The van der Waals surface area contributed by atoms with Crippen LogP contribution in [0.1, 0.15) is 84.3 Å². The third-order valence-electron chi connectivity index (χ3n) is 12.9. The molecule has 0 amide bonds. The summed E-state index contributed by atoms with van der Waals surface area (Å²) in [5.74, 6) is 0. The molecule has 7 aromatic carbocycles. The van der Waals surface area contributed by atoms with Gasteiger partial charge in [-0.25, -0.2) is 0 Å². The van der Waals surface area contributed by atoms with E-state index < -0.39 is 0 Å². The summed E-state index contributed by atoms with van der Waals surface area (Å²) in [6.07, 6.45) is 13.5. The molecule has 12 rings (SSSR count). The normalized spacial score (nSPS) is 16.4. The average molecular weight is 1210 g/mol. The standard InChI is InChI=1S/C25H20.C16H13Br.C16H14O.BrH.2HI.V/c1-4-10-22-18(7-1)13-14-21(22)17-20-9-3-6-12-24(20)25-16-15-19-8-2-5-11-23(19)25;17-11-13-6-2-4-8-15(13)16-10-9-12-5-1-3-7-14(12)16;1-3-7-14-12(5-1)9-10-16(14)15-8-4-2-6-13(15)11-17-16;;;;/h1-12,14,16H,13,15,17H2;1-8,10H,9,11H2;1-8H,9-11H2;3*1H;/q;;;;;;+2/p-2. The molecular weight excluding hydrogens is 1170 g/mol. The molecule has 6 heteroatoms. The number of hydrogen-bond acceptors (Lipinski definition) is 1. The SMILES string of the molecule is Br.BrCc1ccccc1C1=CCc2ccccc21.C1=C(Cc2ccccc2C2=CCc3ccccc32)c2ccccc2C1.[I][V][I].c1ccc2c(c1)CCC21OCc2ccccc21. The number of alkyl halides is 1. The quantitative estimate of drug-likeness (QED) is 0.123. The summed E-state index contributed by atoms with van der Waals surface area (Å²) in [5, 5.41) is 0.905. The zero-order chi connectivity index (χ0) is 42.3. The fraction of sp³-hybridized carbons (Fsp3) is 0.158. The molecule has 0 bridgehead atoms. The summed E-state index contributed by atoms with van der Waals surface area (Å²) in [6.45, 7) is 0.754. The first-order valence-electron chi connectivity index (χ1n) is 21.4. The molecule has 1 spiro atoms. The maximum absolute atomic E-state index is 6.20. The van der Waals surface area contributed by atoms with Gasteiger partial charge >= 0.3 is 49.4 Å². The summed E-state index contributed by atoms with van der Waals surface area (Å²) in [4.78, 5) is 0. The second-order valence-electron chi connectivity index (χ2n) is 16.2. The molecule has 4 aliphatic carbocycles. The summed E-state index contributed by atoms with van der Waals surface area (Å²) in [6, 6.07) is 61.1. The van der Waals surface area contributed by atoms with Gasteiger partial charge < -0.3 is 4.74 Å². The molecule has 1 atom stereocenters. The third kappa shape index (κ3) is 9.82. The van der Waals surface area contributed by atoms with Crippen molar-refractivity contribution in [3.8, 4) is 0 Å². The van der Waals surface area contributed by atoms with Crippen LogP contribution >= 0.6 is 72.9 Å². The summed E-state index contributed by atoms with van der Waals surface area (Å²) in [5.41, 5.74) is 23.7. The van der Waals surface area contributed by atoms with Crippen molar-refractivity contribution in [2.75, 3.05) is 0 Å². The van der Waals surface area contributed by atoms with E-state index in [1.165, 1.54) is 94.6 Å². The maximum Gasteiger partial charge on any atom is 0.119 e. The van der Waals surface area contributed by atoms with E-state index in [4.69, 9.17) is 4.74 Å². The van der Waals surface area contributed by atoms with Crippen LogP contribution in [0.3, 0.4) is 0 Å². The van der Waals surface area contributed by atoms with Gasteiger partial charge in [0.05, 0.1) is 6.61 Å². The molecule has 1 nitrogen and oxygen atoms in total. The largest absolute Gasteiger partial charge is 0.361 e. The number of hydrogen-bond donors (Lipinski definition) is 0. The van der Waals surface area contributed by atoms with Crippen molar-refractivity contribution in [3.05, 3.63) is 266 Å². The third-order valence-corrected chi connectivity index (χ3v) is 13.5. The van der Waals surface area contributed by atoms with Gasteiger partial charge in [-0.15, -0.1) is 17.0 Å². The van der Waals surface area contributed by atoms with Crippen LogP contribution in [0.2, 0.25) is 0 Å². The Bertz CT molecular complexity index is 2770. The van der Waals surface area contributed by atoms with Gasteiger partial charge in [0.2, 0.25) is 0 Å². The first-order valence-corrected chi connectivity index (χ1v) is 31.5. The molecule has 0 saturated carbocycles. The molecule has 315 valence electrons. The van der Waals surface area contributed by atoms with Gasteiger partial charge in [0.25, 0.3) is 0 Å². The van der Waals surface area contributed by atoms with Crippen molar-refractivity contribution >= 4 is 89.6 Å². The molecule has 0 aromatic heterocycles. The summed E-state index contributed by atoms with van der Waals surface area (Å²) >= 11 is 8.31. The molecule has 5 aliphatic rings. The molecule has 1 unspecified atom stereocenters. The van der Waals surface area contributed by atoms with E-state index in [9.17, 15) is 0 Å². The Hall–Kier alpha value is -3.28. The fourth-order valence-corrected chi connectivity index (χ4v) is 10.5. The van der Waals surface area contributed by atoms with E-state index in [1.807, 2.05) is 0 Å². The van der Waals surface area contributed by atoms with Gasteiger partial charge in [-0.2, -0.15) is 0 Å². The molecule has 0 saturated heterocycles. The van der Waals surface area contributed by atoms with Gasteiger partial charge in [-0.05, 0) is 133 Å². The van der Waals surface area contributed by atoms with Crippen molar-refractivity contribution in [3.63, 3.8) is 0 Å². The predicted molar refractivity (Wildman–Crippen MR) is 287 cm³/mol. The summed E-state index contributed by atoms with van der Waals surface area (Å²) < 4.78 is 6.20. The molecular formula is C57H48Br2I2OV. The Morgan fingerprint density at radius 1 is 0.476 bits per heavy atom.